The first kappa shape index (κ1) is 19.1. The van der Waals surface area contributed by atoms with Gasteiger partial charge in [-0.3, -0.25) is 9.59 Å². The van der Waals surface area contributed by atoms with E-state index in [4.69, 9.17) is 9.63 Å². The molecule has 0 radical (unpaired) electrons. The van der Waals surface area contributed by atoms with Gasteiger partial charge in [-0.05, 0) is 25.5 Å². The second-order valence-corrected chi connectivity index (χ2v) is 6.90. The molecule has 0 spiro atoms. The van der Waals surface area contributed by atoms with Gasteiger partial charge in [-0.15, -0.1) is 11.8 Å². The number of hydrogen-bond acceptors (Lipinski definition) is 5. The lowest BCUT2D eigenvalue weighted by Gasteiger charge is -2.12. The molecule has 0 saturated heterocycles. The summed E-state index contributed by atoms with van der Waals surface area (Å²) in [7, 11) is 0. The Morgan fingerprint density at radius 2 is 2.00 bits per heavy atom. The molecule has 0 fully saturated rings. The molecule has 1 aromatic heterocycles. The van der Waals surface area contributed by atoms with Crippen molar-refractivity contribution in [1.82, 2.24) is 10.5 Å². The molecule has 134 valence electrons. The number of nitrogens with zero attached hydrogens (tertiary/aromatic N) is 1. The number of carbonyl (C=O) groups excluding carboxylic acids is 1. The minimum absolute atomic E-state index is 0.244. The maximum absolute atomic E-state index is 12.6. The maximum Gasteiger partial charge on any atom is 0.316 e. The summed E-state index contributed by atoms with van der Waals surface area (Å²) in [6.45, 7) is 5.90. The molecule has 2 aromatic rings. The number of rotatable bonds is 8. The Bertz CT molecular complexity index is 736. The van der Waals surface area contributed by atoms with Gasteiger partial charge >= 0.3 is 5.97 Å². The van der Waals surface area contributed by atoms with Crippen molar-refractivity contribution >= 4 is 23.6 Å². The minimum Gasteiger partial charge on any atom is -0.480 e. The summed E-state index contributed by atoms with van der Waals surface area (Å²) in [5.74, 6) is -0.379. The Labute approximate surface area is 151 Å². The van der Waals surface area contributed by atoms with Gasteiger partial charge in [-0.1, -0.05) is 31.1 Å². The summed E-state index contributed by atoms with van der Waals surface area (Å²) < 4.78 is 5.31. The van der Waals surface area contributed by atoms with Crippen LogP contribution in [0.15, 0.2) is 33.7 Å². The van der Waals surface area contributed by atoms with Crippen LogP contribution in [0.1, 0.15) is 48.1 Å². The van der Waals surface area contributed by atoms with E-state index in [0.717, 1.165) is 35.2 Å². The lowest BCUT2D eigenvalue weighted by atomic mass is 10.1. The molecule has 0 aliphatic rings. The van der Waals surface area contributed by atoms with Gasteiger partial charge in [0.15, 0.2) is 0 Å². The van der Waals surface area contributed by atoms with E-state index in [1.54, 1.807) is 31.2 Å². The van der Waals surface area contributed by atoms with Crippen LogP contribution in [0.4, 0.5) is 0 Å². The highest BCUT2D eigenvalue weighted by molar-refractivity contribution is 8.00. The van der Waals surface area contributed by atoms with Gasteiger partial charge in [0, 0.05) is 23.4 Å². The largest absolute Gasteiger partial charge is 0.480 e. The maximum atomic E-state index is 12.6. The van der Waals surface area contributed by atoms with Gasteiger partial charge in [0.25, 0.3) is 5.91 Å². The Hall–Kier alpha value is -2.28. The van der Waals surface area contributed by atoms with E-state index in [1.807, 2.05) is 13.8 Å². The normalized spacial score (nSPS) is 12.0. The second kappa shape index (κ2) is 8.71. The van der Waals surface area contributed by atoms with Gasteiger partial charge in [-0.25, -0.2) is 0 Å². The Morgan fingerprint density at radius 1 is 1.28 bits per heavy atom. The zero-order valence-corrected chi connectivity index (χ0v) is 15.4. The molecule has 25 heavy (non-hydrogen) atoms. The van der Waals surface area contributed by atoms with Crippen molar-refractivity contribution in [2.45, 2.75) is 50.3 Å². The van der Waals surface area contributed by atoms with Gasteiger partial charge in [0.2, 0.25) is 0 Å². The quantitative estimate of drug-likeness (QED) is 0.700. The molecule has 1 unspecified atom stereocenters. The van der Waals surface area contributed by atoms with Crippen molar-refractivity contribution < 1.29 is 19.2 Å². The Kier molecular flexibility index (Phi) is 6.64. The molecule has 2 rings (SSSR count). The van der Waals surface area contributed by atoms with Gasteiger partial charge < -0.3 is 14.9 Å². The number of amides is 1. The van der Waals surface area contributed by atoms with Crippen molar-refractivity contribution in [2.75, 3.05) is 0 Å². The number of aliphatic carboxylic acids is 1. The van der Waals surface area contributed by atoms with Crippen LogP contribution in [-0.2, 0) is 24.2 Å². The van der Waals surface area contributed by atoms with Crippen molar-refractivity contribution in [3.63, 3.8) is 0 Å². The Morgan fingerprint density at radius 3 is 2.64 bits per heavy atom. The number of carboxylic acid groups (broad SMARTS) is 1. The summed E-state index contributed by atoms with van der Waals surface area (Å²) in [5.41, 5.74) is 2.23. The third-order valence-corrected chi connectivity index (χ3v) is 4.98. The van der Waals surface area contributed by atoms with E-state index >= 15 is 0 Å². The molecule has 1 heterocycles. The average molecular weight is 362 g/mol. The van der Waals surface area contributed by atoms with Crippen molar-refractivity contribution in [3.8, 4) is 0 Å². The van der Waals surface area contributed by atoms with Gasteiger partial charge in [-0.2, -0.15) is 0 Å². The molecule has 1 atom stereocenters. The zero-order chi connectivity index (χ0) is 18.4. The topological polar surface area (TPSA) is 92.4 Å². The van der Waals surface area contributed by atoms with Crippen molar-refractivity contribution in [3.05, 3.63) is 46.8 Å². The third-order valence-electron chi connectivity index (χ3n) is 3.82. The molecule has 1 amide bonds. The standard InChI is InChI=1S/C18H22N2O4S/c1-4-14-13(15(5-2)24-20-14)10-19-17(21)12-8-6-7-9-16(12)25-11(3)18(22)23/h6-9,11H,4-5,10H2,1-3H3,(H,19,21)(H,22,23). The molecule has 2 N–H and O–H groups in total. The molecule has 0 aliphatic carbocycles. The highest BCUT2D eigenvalue weighted by atomic mass is 32.2. The van der Waals surface area contributed by atoms with Crippen LogP contribution in [0.3, 0.4) is 0 Å². The van der Waals surface area contributed by atoms with E-state index in [9.17, 15) is 9.59 Å². The predicted octanol–water partition coefficient (Wildman–Crippen LogP) is 3.29. The number of nitrogens with one attached hydrogen (secondary N) is 1. The van der Waals surface area contributed by atoms with Crippen molar-refractivity contribution in [1.29, 1.82) is 0 Å². The summed E-state index contributed by atoms with van der Waals surface area (Å²) in [4.78, 5) is 24.3. The fraction of sp³-hybridized carbons (Fsp3) is 0.389. The molecule has 0 saturated carbocycles. The molecule has 0 bridgehead atoms. The van der Waals surface area contributed by atoms with E-state index in [-0.39, 0.29) is 5.91 Å². The summed E-state index contributed by atoms with van der Waals surface area (Å²) in [6.07, 6.45) is 1.44. The van der Waals surface area contributed by atoms with Crippen molar-refractivity contribution in [2.24, 2.45) is 0 Å². The molecule has 7 heteroatoms. The van der Waals surface area contributed by atoms with Crippen LogP contribution in [0.25, 0.3) is 0 Å². The number of carbonyl (C=O) groups is 2. The molecular weight excluding hydrogens is 340 g/mol. The number of benzene rings is 1. The monoisotopic (exact) mass is 362 g/mol. The molecular formula is C18H22N2O4S. The predicted molar refractivity (Wildman–Crippen MR) is 95.8 cm³/mol. The number of hydrogen-bond donors (Lipinski definition) is 2. The SMILES string of the molecule is CCc1noc(CC)c1CNC(=O)c1ccccc1SC(C)C(=O)O. The minimum atomic E-state index is -0.912. The molecule has 0 aliphatic heterocycles. The first-order valence-electron chi connectivity index (χ1n) is 8.20. The highest BCUT2D eigenvalue weighted by Gasteiger charge is 2.19. The second-order valence-electron chi connectivity index (χ2n) is 5.52. The van der Waals surface area contributed by atoms with Crippen LogP contribution in [0, 0.1) is 0 Å². The number of aryl methyl sites for hydroxylation is 2. The average Bonchev–Trinajstić information content (AvgIpc) is 3.01. The summed E-state index contributed by atoms with van der Waals surface area (Å²) >= 11 is 1.15. The van der Waals surface area contributed by atoms with E-state index in [1.165, 1.54) is 0 Å². The lowest BCUT2D eigenvalue weighted by Crippen LogP contribution is -2.24. The first-order chi connectivity index (χ1) is 12.0. The number of aromatic nitrogens is 1. The van der Waals surface area contributed by atoms with Crippen LogP contribution >= 0.6 is 11.8 Å². The van der Waals surface area contributed by atoms with Crippen LogP contribution in [0.2, 0.25) is 0 Å². The highest BCUT2D eigenvalue weighted by Crippen LogP contribution is 2.27. The van der Waals surface area contributed by atoms with Crippen LogP contribution in [-0.4, -0.2) is 27.4 Å². The Balaban J connectivity index is 2.14. The number of thioether (sulfide) groups is 1. The van der Waals surface area contributed by atoms with Gasteiger partial charge in [0.05, 0.1) is 11.3 Å². The van der Waals surface area contributed by atoms with Crippen LogP contribution in [0.5, 0.6) is 0 Å². The molecule has 6 nitrogen and oxygen atoms in total. The summed E-state index contributed by atoms with van der Waals surface area (Å²) in [6, 6.07) is 7.01. The fourth-order valence-corrected chi connectivity index (χ4v) is 3.33. The summed E-state index contributed by atoms with van der Waals surface area (Å²) in [5, 5.41) is 15.4. The fourth-order valence-electron chi connectivity index (χ4n) is 2.40. The van der Waals surface area contributed by atoms with Crippen LogP contribution < -0.4 is 5.32 Å². The van der Waals surface area contributed by atoms with E-state index in [2.05, 4.69) is 10.5 Å². The zero-order valence-electron chi connectivity index (χ0n) is 14.5. The van der Waals surface area contributed by atoms with E-state index < -0.39 is 11.2 Å². The smallest absolute Gasteiger partial charge is 0.316 e. The first-order valence-corrected chi connectivity index (χ1v) is 9.08. The van der Waals surface area contributed by atoms with E-state index in [0.29, 0.717) is 23.4 Å². The van der Waals surface area contributed by atoms with Gasteiger partial charge in [0.1, 0.15) is 11.0 Å². The number of carboxylic acids is 1. The lowest BCUT2D eigenvalue weighted by molar-refractivity contribution is -0.136. The third kappa shape index (κ3) is 4.63. The molecule has 1 aromatic carbocycles.